The van der Waals surface area contributed by atoms with Crippen LogP contribution in [0.2, 0.25) is 0 Å². The van der Waals surface area contributed by atoms with Crippen LogP contribution < -0.4 is 5.73 Å². The standard InChI is InChI=1S/C20H14N6/c21-11-15-10-16(12-24-19(15)22)18-17(13-6-8-23-9-7-13)25-20(26-18)14-4-2-1-3-5-14/h1-10,12H,(H2,22,24)(H,25,26). The summed E-state index contributed by atoms with van der Waals surface area (Å²) in [6.45, 7) is 0. The zero-order chi connectivity index (χ0) is 17.9. The predicted octanol–water partition coefficient (Wildman–Crippen LogP) is 3.65. The third-order valence-corrected chi connectivity index (χ3v) is 4.03. The fourth-order valence-electron chi connectivity index (χ4n) is 2.74. The molecule has 4 aromatic rings. The van der Waals surface area contributed by atoms with Gasteiger partial charge in [-0.3, -0.25) is 4.98 Å². The molecular formula is C20H14N6. The number of aromatic nitrogens is 4. The summed E-state index contributed by atoms with van der Waals surface area (Å²) in [6.07, 6.45) is 5.08. The van der Waals surface area contributed by atoms with Crippen LogP contribution in [0.15, 0.2) is 67.1 Å². The molecular weight excluding hydrogens is 324 g/mol. The molecule has 0 saturated heterocycles. The molecule has 0 spiro atoms. The molecule has 0 radical (unpaired) electrons. The molecule has 0 aliphatic heterocycles. The lowest BCUT2D eigenvalue weighted by atomic mass is 10.1. The number of pyridine rings is 2. The summed E-state index contributed by atoms with van der Waals surface area (Å²) in [5, 5.41) is 9.26. The van der Waals surface area contributed by atoms with E-state index in [0.717, 1.165) is 33.9 Å². The number of nitrogens with two attached hydrogens (primary N) is 1. The maximum absolute atomic E-state index is 9.26. The van der Waals surface area contributed by atoms with Gasteiger partial charge in [-0.2, -0.15) is 5.26 Å². The summed E-state index contributed by atoms with van der Waals surface area (Å²) >= 11 is 0. The highest BCUT2D eigenvalue weighted by atomic mass is 14.9. The van der Waals surface area contributed by atoms with E-state index in [-0.39, 0.29) is 5.82 Å². The van der Waals surface area contributed by atoms with Gasteiger partial charge in [0.25, 0.3) is 0 Å². The minimum absolute atomic E-state index is 0.213. The number of aromatic amines is 1. The Kier molecular flexibility index (Phi) is 3.88. The normalized spacial score (nSPS) is 10.4. The number of hydrogen-bond donors (Lipinski definition) is 2. The van der Waals surface area contributed by atoms with Crippen molar-refractivity contribution in [3.8, 4) is 40.0 Å². The molecule has 0 saturated carbocycles. The number of H-pyrrole nitrogens is 1. The number of imidazole rings is 1. The molecule has 4 rings (SSSR count). The third-order valence-electron chi connectivity index (χ3n) is 4.03. The van der Waals surface area contributed by atoms with Crippen LogP contribution >= 0.6 is 0 Å². The van der Waals surface area contributed by atoms with Gasteiger partial charge in [-0.1, -0.05) is 30.3 Å². The van der Waals surface area contributed by atoms with Crippen molar-refractivity contribution in [2.45, 2.75) is 0 Å². The van der Waals surface area contributed by atoms with Gasteiger partial charge in [0.1, 0.15) is 17.7 Å². The summed E-state index contributed by atoms with van der Waals surface area (Å²) in [5.74, 6) is 0.951. The Morgan fingerprint density at radius 3 is 2.46 bits per heavy atom. The van der Waals surface area contributed by atoms with E-state index in [1.807, 2.05) is 42.5 Å². The smallest absolute Gasteiger partial charge is 0.141 e. The molecule has 0 atom stereocenters. The van der Waals surface area contributed by atoms with Gasteiger partial charge in [0.15, 0.2) is 0 Å². The van der Waals surface area contributed by atoms with Crippen molar-refractivity contribution >= 4 is 5.82 Å². The second-order valence-electron chi connectivity index (χ2n) is 5.68. The fraction of sp³-hybridized carbons (Fsp3) is 0. The number of nitrogens with zero attached hydrogens (tertiary/aromatic N) is 4. The van der Waals surface area contributed by atoms with Crippen molar-refractivity contribution in [1.82, 2.24) is 19.9 Å². The van der Waals surface area contributed by atoms with E-state index in [1.54, 1.807) is 24.7 Å². The van der Waals surface area contributed by atoms with E-state index in [9.17, 15) is 5.26 Å². The summed E-state index contributed by atoms with van der Waals surface area (Å²) in [4.78, 5) is 16.3. The first-order chi connectivity index (χ1) is 12.8. The monoisotopic (exact) mass is 338 g/mol. The second-order valence-corrected chi connectivity index (χ2v) is 5.68. The number of hydrogen-bond acceptors (Lipinski definition) is 5. The Bertz CT molecular complexity index is 1090. The van der Waals surface area contributed by atoms with Crippen LogP contribution in [-0.4, -0.2) is 19.9 Å². The number of nitrogen functional groups attached to an aromatic ring is 1. The molecule has 3 aromatic heterocycles. The number of nitrogens with one attached hydrogen (secondary N) is 1. The molecule has 124 valence electrons. The largest absolute Gasteiger partial charge is 0.383 e. The molecule has 3 N–H and O–H groups in total. The fourth-order valence-corrected chi connectivity index (χ4v) is 2.74. The summed E-state index contributed by atoms with van der Waals surface area (Å²) in [5.41, 5.74) is 10.3. The Morgan fingerprint density at radius 1 is 0.962 bits per heavy atom. The van der Waals surface area contributed by atoms with Crippen LogP contribution in [0, 0.1) is 11.3 Å². The van der Waals surface area contributed by atoms with Gasteiger partial charge in [0.05, 0.1) is 17.0 Å². The van der Waals surface area contributed by atoms with Crippen molar-refractivity contribution < 1.29 is 0 Å². The minimum Gasteiger partial charge on any atom is -0.383 e. The molecule has 0 aliphatic rings. The highest BCUT2D eigenvalue weighted by Crippen LogP contribution is 2.33. The molecule has 0 unspecified atom stereocenters. The average Bonchev–Trinajstić information content (AvgIpc) is 3.15. The van der Waals surface area contributed by atoms with Gasteiger partial charge in [0, 0.05) is 35.3 Å². The van der Waals surface area contributed by atoms with Gasteiger partial charge < -0.3 is 10.7 Å². The quantitative estimate of drug-likeness (QED) is 0.593. The molecule has 0 aliphatic carbocycles. The molecule has 6 heteroatoms. The van der Waals surface area contributed by atoms with Crippen molar-refractivity contribution in [2.24, 2.45) is 0 Å². The third kappa shape index (κ3) is 2.78. The lowest BCUT2D eigenvalue weighted by Gasteiger charge is -2.04. The predicted molar refractivity (Wildman–Crippen MR) is 99.6 cm³/mol. The van der Waals surface area contributed by atoms with Crippen LogP contribution in [0.1, 0.15) is 5.56 Å². The molecule has 6 nitrogen and oxygen atoms in total. The van der Waals surface area contributed by atoms with E-state index in [2.05, 4.69) is 21.0 Å². The van der Waals surface area contributed by atoms with Gasteiger partial charge >= 0.3 is 0 Å². The number of benzene rings is 1. The Hall–Kier alpha value is -3.98. The number of rotatable bonds is 3. The van der Waals surface area contributed by atoms with Crippen LogP contribution in [0.5, 0.6) is 0 Å². The first kappa shape index (κ1) is 15.5. The maximum atomic E-state index is 9.26. The van der Waals surface area contributed by atoms with E-state index in [0.29, 0.717) is 5.56 Å². The van der Waals surface area contributed by atoms with Crippen LogP contribution in [0.3, 0.4) is 0 Å². The topological polar surface area (TPSA) is 104 Å². The SMILES string of the molecule is N#Cc1cc(-c2[nH]c(-c3ccccc3)nc2-c2ccncc2)cnc1N. The first-order valence-electron chi connectivity index (χ1n) is 7.98. The first-order valence-corrected chi connectivity index (χ1v) is 7.98. The highest BCUT2D eigenvalue weighted by Gasteiger charge is 2.16. The molecule has 0 fully saturated rings. The van der Waals surface area contributed by atoms with Crippen LogP contribution in [0.25, 0.3) is 33.9 Å². The molecule has 0 bridgehead atoms. The summed E-state index contributed by atoms with van der Waals surface area (Å²) in [7, 11) is 0. The zero-order valence-corrected chi connectivity index (χ0v) is 13.7. The average molecular weight is 338 g/mol. The van der Waals surface area contributed by atoms with Crippen LogP contribution in [-0.2, 0) is 0 Å². The Morgan fingerprint density at radius 2 is 1.73 bits per heavy atom. The molecule has 0 amide bonds. The van der Waals surface area contributed by atoms with Gasteiger partial charge in [0.2, 0.25) is 0 Å². The maximum Gasteiger partial charge on any atom is 0.141 e. The van der Waals surface area contributed by atoms with E-state index < -0.39 is 0 Å². The molecule has 1 aromatic carbocycles. The Balaban J connectivity index is 1.93. The van der Waals surface area contributed by atoms with Crippen molar-refractivity contribution in [3.63, 3.8) is 0 Å². The van der Waals surface area contributed by atoms with Gasteiger partial charge in [-0.25, -0.2) is 9.97 Å². The minimum atomic E-state index is 0.213. The summed E-state index contributed by atoms with van der Waals surface area (Å²) in [6, 6.07) is 17.4. The van der Waals surface area contributed by atoms with Crippen molar-refractivity contribution in [2.75, 3.05) is 5.73 Å². The lowest BCUT2D eigenvalue weighted by Crippen LogP contribution is -1.95. The van der Waals surface area contributed by atoms with E-state index >= 15 is 0 Å². The second kappa shape index (κ2) is 6.49. The number of anilines is 1. The van der Waals surface area contributed by atoms with Crippen molar-refractivity contribution in [1.29, 1.82) is 5.26 Å². The van der Waals surface area contributed by atoms with E-state index in [4.69, 9.17) is 10.7 Å². The number of nitriles is 1. The van der Waals surface area contributed by atoms with Gasteiger partial charge in [-0.15, -0.1) is 0 Å². The lowest BCUT2D eigenvalue weighted by molar-refractivity contribution is 1.28. The molecule has 26 heavy (non-hydrogen) atoms. The molecule has 3 heterocycles. The van der Waals surface area contributed by atoms with Crippen molar-refractivity contribution in [3.05, 3.63) is 72.7 Å². The summed E-state index contributed by atoms with van der Waals surface area (Å²) < 4.78 is 0. The Labute approximate surface area is 150 Å². The van der Waals surface area contributed by atoms with Gasteiger partial charge in [-0.05, 0) is 18.2 Å². The zero-order valence-electron chi connectivity index (χ0n) is 13.7. The highest BCUT2D eigenvalue weighted by molar-refractivity contribution is 5.81. The van der Waals surface area contributed by atoms with Crippen LogP contribution in [0.4, 0.5) is 5.82 Å². The van der Waals surface area contributed by atoms with E-state index in [1.165, 1.54) is 0 Å².